The molecule has 100 valence electrons. The summed E-state index contributed by atoms with van der Waals surface area (Å²) in [6, 6.07) is 1.93. The van der Waals surface area contributed by atoms with Crippen LogP contribution >= 0.6 is 0 Å². The highest BCUT2D eigenvalue weighted by atomic mass is 16.3. The van der Waals surface area contributed by atoms with Crippen molar-refractivity contribution >= 4 is 11.6 Å². The lowest BCUT2D eigenvalue weighted by Gasteiger charge is -2.30. The molecule has 0 atom stereocenters. The Morgan fingerprint density at radius 2 is 2.06 bits per heavy atom. The van der Waals surface area contributed by atoms with Gasteiger partial charge in [0.05, 0.1) is 11.8 Å². The minimum Gasteiger partial charge on any atom is -0.397 e. The summed E-state index contributed by atoms with van der Waals surface area (Å²) in [6.45, 7) is 5.28. The van der Waals surface area contributed by atoms with Crippen LogP contribution in [0.15, 0.2) is 12.3 Å². The number of anilines is 1. The number of hydrogen-bond donors (Lipinski definition) is 2. The maximum absolute atomic E-state index is 12.4. The van der Waals surface area contributed by atoms with Gasteiger partial charge in [-0.1, -0.05) is 0 Å². The van der Waals surface area contributed by atoms with E-state index in [-0.39, 0.29) is 18.1 Å². The van der Waals surface area contributed by atoms with Gasteiger partial charge in [-0.2, -0.15) is 0 Å². The quantitative estimate of drug-likeness (QED) is 0.831. The predicted octanol–water partition coefficient (Wildman–Crippen LogP) is 1.25. The minimum absolute atomic E-state index is 0.00676. The van der Waals surface area contributed by atoms with Crippen molar-refractivity contribution < 1.29 is 9.90 Å². The molecule has 18 heavy (non-hydrogen) atoms. The molecule has 1 aliphatic rings. The van der Waals surface area contributed by atoms with Gasteiger partial charge in [0, 0.05) is 25.3 Å². The van der Waals surface area contributed by atoms with Crippen LogP contribution in [0.25, 0.3) is 0 Å². The van der Waals surface area contributed by atoms with Crippen molar-refractivity contribution in [3.05, 3.63) is 18.0 Å². The number of nitrogen functional groups attached to an aromatic ring is 1. The first kappa shape index (κ1) is 13.0. The predicted molar refractivity (Wildman–Crippen MR) is 70.4 cm³/mol. The Morgan fingerprint density at radius 1 is 1.44 bits per heavy atom. The van der Waals surface area contributed by atoms with E-state index >= 15 is 0 Å². The van der Waals surface area contributed by atoms with Crippen molar-refractivity contribution in [3.63, 3.8) is 0 Å². The average Bonchev–Trinajstić information content (AvgIpc) is 2.71. The second kappa shape index (κ2) is 5.02. The molecule has 3 N–H and O–H groups in total. The number of carbonyl (C=O) groups is 1. The van der Waals surface area contributed by atoms with Crippen LogP contribution in [0.4, 0.5) is 5.69 Å². The topological polar surface area (TPSA) is 71.5 Å². The zero-order valence-corrected chi connectivity index (χ0v) is 11.0. The molecule has 0 radical (unpaired) electrons. The molecule has 0 unspecified atom stereocenters. The van der Waals surface area contributed by atoms with Crippen LogP contribution in [0.2, 0.25) is 0 Å². The summed E-state index contributed by atoms with van der Waals surface area (Å²) in [7, 11) is 0. The monoisotopic (exact) mass is 251 g/mol. The van der Waals surface area contributed by atoms with E-state index in [2.05, 4.69) is 0 Å². The summed E-state index contributed by atoms with van der Waals surface area (Å²) in [4.78, 5) is 14.2. The lowest BCUT2D eigenvalue weighted by atomic mass is 10.1. The fourth-order valence-electron chi connectivity index (χ4n) is 2.33. The van der Waals surface area contributed by atoms with Gasteiger partial charge in [0.2, 0.25) is 0 Å². The summed E-state index contributed by atoms with van der Waals surface area (Å²) in [5.74, 6) is 0.00676. The van der Waals surface area contributed by atoms with Crippen molar-refractivity contribution in [1.29, 1.82) is 0 Å². The number of carbonyl (C=O) groups excluding carboxylic acids is 1. The van der Waals surface area contributed by atoms with Crippen LogP contribution < -0.4 is 5.73 Å². The molecule has 0 saturated carbocycles. The van der Waals surface area contributed by atoms with Crippen LogP contribution in [0, 0.1) is 0 Å². The third-order valence-electron chi connectivity index (χ3n) is 3.40. The minimum atomic E-state index is -0.268. The molecule has 2 heterocycles. The zero-order chi connectivity index (χ0) is 13.3. The second-order valence-electron chi connectivity index (χ2n) is 5.18. The first-order chi connectivity index (χ1) is 8.49. The van der Waals surface area contributed by atoms with Gasteiger partial charge in [-0.15, -0.1) is 0 Å². The standard InChI is InChI=1S/C13H21N3O2/c1-9(2)16-8-10(14)7-12(16)13(18)15-5-3-11(17)4-6-15/h7-9,11,17H,3-6,14H2,1-2H3. The fourth-order valence-corrected chi connectivity index (χ4v) is 2.33. The molecule has 1 amide bonds. The average molecular weight is 251 g/mol. The van der Waals surface area contributed by atoms with Crippen LogP contribution in [0.1, 0.15) is 43.2 Å². The Balaban J connectivity index is 2.18. The fraction of sp³-hybridized carbons (Fsp3) is 0.615. The van der Waals surface area contributed by atoms with Gasteiger partial charge < -0.3 is 20.3 Å². The van der Waals surface area contributed by atoms with Gasteiger partial charge in [-0.05, 0) is 32.8 Å². The normalized spacial score (nSPS) is 17.4. The van der Waals surface area contributed by atoms with E-state index in [1.54, 1.807) is 17.2 Å². The third-order valence-corrected chi connectivity index (χ3v) is 3.40. The number of amides is 1. The molecule has 0 bridgehead atoms. The van der Waals surface area contributed by atoms with E-state index in [9.17, 15) is 9.90 Å². The highest BCUT2D eigenvalue weighted by molar-refractivity contribution is 5.94. The largest absolute Gasteiger partial charge is 0.397 e. The van der Waals surface area contributed by atoms with Gasteiger partial charge >= 0.3 is 0 Å². The molecule has 5 nitrogen and oxygen atoms in total. The number of hydrogen-bond acceptors (Lipinski definition) is 3. The summed E-state index contributed by atoms with van der Waals surface area (Å²) in [6.07, 6.45) is 2.85. The maximum atomic E-state index is 12.4. The Kier molecular flexibility index (Phi) is 3.61. The summed E-state index contributed by atoms with van der Waals surface area (Å²) < 4.78 is 1.91. The van der Waals surface area contributed by atoms with E-state index in [4.69, 9.17) is 5.73 Å². The van der Waals surface area contributed by atoms with Gasteiger partial charge in [0.15, 0.2) is 0 Å². The van der Waals surface area contributed by atoms with Crippen LogP contribution in [0.5, 0.6) is 0 Å². The number of aromatic nitrogens is 1. The molecule has 2 rings (SSSR count). The summed E-state index contributed by atoms with van der Waals surface area (Å²) in [5.41, 5.74) is 7.03. The highest BCUT2D eigenvalue weighted by Gasteiger charge is 2.25. The zero-order valence-electron chi connectivity index (χ0n) is 11.0. The number of nitrogens with two attached hydrogens (primary N) is 1. The van der Waals surface area contributed by atoms with Crippen molar-refractivity contribution in [2.45, 2.75) is 38.8 Å². The smallest absolute Gasteiger partial charge is 0.270 e. The second-order valence-corrected chi connectivity index (χ2v) is 5.18. The Hall–Kier alpha value is -1.49. The molecule has 1 aromatic rings. The number of nitrogens with zero attached hydrogens (tertiary/aromatic N) is 2. The molecule has 1 aliphatic heterocycles. The highest BCUT2D eigenvalue weighted by Crippen LogP contribution is 2.20. The van der Waals surface area contributed by atoms with Gasteiger partial charge in [-0.3, -0.25) is 4.79 Å². The molecule has 1 fully saturated rings. The molecule has 0 aromatic carbocycles. The van der Waals surface area contributed by atoms with Crippen LogP contribution in [-0.2, 0) is 0 Å². The van der Waals surface area contributed by atoms with E-state index in [0.717, 1.165) is 0 Å². The van der Waals surface area contributed by atoms with E-state index < -0.39 is 0 Å². The molecular formula is C13H21N3O2. The molecule has 5 heteroatoms. The SMILES string of the molecule is CC(C)n1cc(N)cc1C(=O)N1CCC(O)CC1. The number of piperidine rings is 1. The van der Waals surface area contributed by atoms with Crippen molar-refractivity contribution in [3.8, 4) is 0 Å². The Morgan fingerprint density at radius 3 is 2.61 bits per heavy atom. The van der Waals surface area contributed by atoms with E-state index in [1.165, 1.54) is 0 Å². The molecule has 1 saturated heterocycles. The number of aliphatic hydroxyl groups is 1. The first-order valence-corrected chi connectivity index (χ1v) is 6.43. The molecule has 0 spiro atoms. The molecular weight excluding hydrogens is 230 g/mol. The van der Waals surface area contributed by atoms with Crippen LogP contribution in [0.3, 0.4) is 0 Å². The van der Waals surface area contributed by atoms with Crippen molar-refractivity contribution in [2.24, 2.45) is 0 Å². The van der Waals surface area contributed by atoms with Crippen molar-refractivity contribution in [1.82, 2.24) is 9.47 Å². The van der Waals surface area contributed by atoms with Crippen LogP contribution in [-0.4, -0.2) is 39.7 Å². The third kappa shape index (κ3) is 2.51. The van der Waals surface area contributed by atoms with Gasteiger partial charge in [-0.25, -0.2) is 0 Å². The lowest BCUT2D eigenvalue weighted by molar-refractivity contribution is 0.0536. The first-order valence-electron chi connectivity index (χ1n) is 6.43. The van der Waals surface area contributed by atoms with Gasteiger partial charge in [0.25, 0.3) is 5.91 Å². The maximum Gasteiger partial charge on any atom is 0.270 e. The molecule has 0 aliphatic carbocycles. The molecule has 1 aromatic heterocycles. The number of aliphatic hydroxyl groups excluding tert-OH is 1. The Bertz CT molecular complexity index is 431. The Labute approximate surface area is 107 Å². The number of likely N-dealkylation sites (tertiary alicyclic amines) is 1. The van der Waals surface area contributed by atoms with Crippen molar-refractivity contribution in [2.75, 3.05) is 18.8 Å². The lowest BCUT2D eigenvalue weighted by Crippen LogP contribution is -2.40. The summed E-state index contributed by atoms with van der Waals surface area (Å²) >= 11 is 0. The number of rotatable bonds is 2. The van der Waals surface area contributed by atoms with E-state index in [0.29, 0.717) is 37.3 Å². The van der Waals surface area contributed by atoms with Gasteiger partial charge in [0.1, 0.15) is 5.69 Å². The van der Waals surface area contributed by atoms with E-state index in [1.807, 2.05) is 18.4 Å². The summed E-state index contributed by atoms with van der Waals surface area (Å²) in [5, 5.41) is 9.46.